The second-order valence-corrected chi connectivity index (χ2v) is 9.51. The molecule has 1 saturated carbocycles. The smallest absolute Gasteiger partial charge is 0.322 e. The van der Waals surface area contributed by atoms with Crippen molar-refractivity contribution in [1.82, 2.24) is 10.2 Å². The van der Waals surface area contributed by atoms with Crippen molar-refractivity contribution in [2.75, 3.05) is 30.1 Å². The molecule has 1 aliphatic carbocycles. The fourth-order valence-electron chi connectivity index (χ4n) is 5.23. The number of anilines is 2. The number of carbonyl (C=O) groups excluding carboxylic acids is 2. The number of benzene rings is 2. The van der Waals surface area contributed by atoms with Crippen LogP contribution < -0.4 is 25.0 Å². The Bertz CT molecular complexity index is 1070. The van der Waals surface area contributed by atoms with Gasteiger partial charge in [-0.05, 0) is 54.2 Å². The van der Waals surface area contributed by atoms with E-state index in [1.807, 2.05) is 47.4 Å². The lowest BCUT2D eigenvalue weighted by atomic mass is 9.77. The average Bonchev–Trinajstić information content (AvgIpc) is 3.48. The van der Waals surface area contributed by atoms with Crippen LogP contribution in [0.5, 0.6) is 11.5 Å². The van der Waals surface area contributed by atoms with Crippen molar-refractivity contribution >= 4 is 23.4 Å². The van der Waals surface area contributed by atoms with Gasteiger partial charge in [0.05, 0.1) is 0 Å². The molecule has 2 heterocycles. The molecule has 3 atom stereocenters. The number of hydrogen-bond donors (Lipinski definition) is 2. The number of ether oxygens (including phenoxy) is 2. The summed E-state index contributed by atoms with van der Waals surface area (Å²) in [5.41, 5.74) is 2.46. The molecule has 2 aliphatic heterocycles. The predicted molar refractivity (Wildman–Crippen MR) is 130 cm³/mol. The molecule has 3 unspecified atom stereocenters. The molecule has 8 heteroatoms. The Hall–Kier alpha value is -3.42. The van der Waals surface area contributed by atoms with E-state index in [1.165, 1.54) is 6.42 Å². The molecule has 4 amide bonds. The Morgan fingerprint density at radius 1 is 1.15 bits per heavy atom. The van der Waals surface area contributed by atoms with Crippen LogP contribution in [0.4, 0.5) is 21.0 Å². The van der Waals surface area contributed by atoms with E-state index in [9.17, 15) is 9.59 Å². The second-order valence-electron chi connectivity index (χ2n) is 9.51. The van der Waals surface area contributed by atoms with E-state index in [0.717, 1.165) is 35.6 Å². The first-order chi connectivity index (χ1) is 16.5. The van der Waals surface area contributed by atoms with Gasteiger partial charge in [0.25, 0.3) is 0 Å². The van der Waals surface area contributed by atoms with E-state index < -0.39 is 0 Å². The lowest BCUT2D eigenvalue weighted by Crippen LogP contribution is -2.48. The highest BCUT2D eigenvalue weighted by molar-refractivity contribution is 5.96. The van der Waals surface area contributed by atoms with E-state index in [2.05, 4.69) is 24.5 Å². The van der Waals surface area contributed by atoms with Gasteiger partial charge in [-0.2, -0.15) is 0 Å². The Kier molecular flexibility index (Phi) is 6.22. The topological polar surface area (TPSA) is 83.1 Å². The summed E-state index contributed by atoms with van der Waals surface area (Å²) >= 11 is 0. The van der Waals surface area contributed by atoms with Gasteiger partial charge in [-0.3, -0.25) is 4.90 Å². The number of urea groups is 2. The van der Waals surface area contributed by atoms with Crippen LogP contribution in [0, 0.1) is 11.8 Å². The van der Waals surface area contributed by atoms with Gasteiger partial charge < -0.3 is 25.0 Å². The Labute approximate surface area is 200 Å². The monoisotopic (exact) mass is 464 g/mol. The SMILES string of the molecule is CC1CCCC(N(Cc2ccc3c(c2)OCO3)C(=O)Nc2cccc(N3CCNC3=O)c2)C1C. The summed E-state index contributed by atoms with van der Waals surface area (Å²) in [4.78, 5) is 29.4. The van der Waals surface area contributed by atoms with E-state index >= 15 is 0 Å². The van der Waals surface area contributed by atoms with E-state index in [-0.39, 0.29) is 24.9 Å². The molecule has 0 bridgehead atoms. The first-order valence-corrected chi connectivity index (χ1v) is 12.1. The molecule has 8 nitrogen and oxygen atoms in total. The van der Waals surface area contributed by atoms with Gasteiger partial charge in [0.1, 0.15) is 0 Å². The summed E-state index contributed by atoms with van der Waals surface area (Å²) in [6, 6.07) is 13.2. The molecule has 2 N–H and O–H groups in total. The summed E-state index contributed by atoms with van der Waals surface area (Å²) in [5, 5.41) is 5.91. The minimum absolute atomic E-state index is 0.113. The van der Waals surface area contributed by atoms with E-state index in [1.54, 1.807) is 4.90 Å². The first kappa shape index (κ1) is 22.4. The number of nitrogens with one attached hydrogen (secondary N) is 2. The molecular formula is C26H32N4O4. The van der Waals surface area contributed by atoms with Crippen LogP contribution >= 0.6 is 0 Å². The van der Waals surface area contributed by atoms with Gasteiger partial charge >= 0.3 is 12.1 Å². The fraction of sp³-hybridized carbons (Fsp3) is 0.462. The molecule has 0 spiro atoms. The predicted octanol–water partition coefficient (Wildman–Crippen LogP) is 4.80. The van der Waals surface area contributed by atoms with Crippen LogP contribution in [-0.2, 0) is 6.54 Å². The van der Waals surface area contributed by atoms with Gasteiger partial charge in [-0.15, -0.1) is 0 Å². The number of hydrogen-bond acceptors (Lipinski definition) is 4. The van der Waals surface area contributed by atoms with Crippen molar-refractivity contribution in [3.8, 4) is 11.5 Å². The van der Waals surface area contributed by atoms with Gasteiger partial charge in [-0.1, -0.05) is 38.8 Å². The van der Waals surface area contributed by atoms with Crippen LogP contribution in [0.15, 0.2) is 42.5 Å². The number of rotatable bonds is 5. The van der Waals surface area contributed by atoms with Crippen molar-refractivity contribution in [2.24, 2.45) is 11.8 Å². The number of amides is 4. The highest BCUT2D eigenvalue weighted by Gasteiger charge is 2.34. The summed E-state index contributed by atoms with van der Waals surface area (Å²) in [6.07, 6.45) is 3.29. The number of fused-ring (bicyclic) bond motifs is 1. The Morgan fingerprint density at radius 2 is 2.00 bits per heavy atom. The van der Waals surface area contributed by atoms with Gasteiger partial charge in [0.15, 0.2) is 11.5 Å². The molecule has 0 aromatic heterocycles. The minimum atomic E-state index is -0.133. The van der Waals surface area contributed by atoms with Crippen molar-refractivity contribution in [1.29, 1.82) is 0 Å². The molecular weight excluding hydrogens is 432 g/mol. The molecule has 5 rings (SSSR count). The zero-order valence-electron chi connectivity index (χ0n) is 19.8. The molecule has 3 aliphatic rings. The Balaban J connectivity index is 1.38. The van der Waals surface area contributed by atoms with Crippen LogP contribution in [-0.4, -0.2) is 42.9 Å². The maximum atomic E-state index is 13.7. The molecule has 0 radical (unpaired) electrons. The van der Waals surface area contributed by atoms with Crippen LogP contribution in [0.2, 0.25) is 0 Å². The fourth-order valence-corrected chi connectivity index (χ4v) is 5.23. The summed E-state index contributed by atoms with van der Waals surface area (Å²) in [6.45, 7) is 6.48. The normalized spacial score (nSPS) is 23.5. The minimum Gasteiger partial charge on any atom is -0.454 e. The van der Waals surface area contributed by atoms with Crippen LogP contribution in [0.25, 0.3) is 0 Å². The van der Waals surface area contributed by atoms with Crippen LogP contribution in [0.1, 0.15) is 38.7 Å². The van der Waals surface area contributed by atoms with Gasteiger partial charge in [0, 0.05) is 37.1 Å². The van der Waals surface area contributed by atoms with E-state index in [0.29, 0.717) is 37.2 Å². The third-order valence-corrected chi connectivity index (χ3v) is 7.38. The number of nitrogens with zero attached hydrogens (tertiary/aromatic N) is 2. The van der Waals surface area contributed by atoms with Crippen molar-refractivity contribution in [3.05, 3.63) is 48.0 Å². The lowest BCUT2D eigenvalue weighted by Gasteiger charge is -2.41. The highest BCUT2D eigenvalue weighted by atomic mass is 16.7. The zero-order chi connectivity index (χ0) is 23.7. The standard InChI is InChI=1S/C26H32N4O4/c1-17-5-3-8-22(18(17)2)30(15-19-9-10-23-24(13-19)34-16-33-23)26(32)28-20-6-4-7-21(14-20)29-12-11-27-25(29)31/h4,6-7,9-10,13-14,17-18,22H,3,5,8,11-12,15-16H2,1-2H3,(H,27,31)(H,28,32). The summed E-state index contributed by atoms with van der Waals surface area (Å²) in [7, 11) is 0. The number of carbonyl (C=O) groups is 2. The maximum Gasteiger partial charge on any atom is 0.322 e. The van der Waals surface area contributed by atoms with E-state index in [4.69, 9.17) is 9.47 Å². The summed E-state index contributed by atoms with van der Waals surface area (Å²) in [5.74, 6) is 2.41. The third-order valence-electron chi connectivity index (χ3n) is 7.38. The molecule has 2 fully saturated rings. The quantitative estimate of drug-likeness (QED) is 0.666. The van der Waals surface area contributed by atoms with Crippen LogP contribution in [0.3, 0.4) is 0 Å². The zero-order valence-corrected chi connectivity index (χ0v) is 19.8. The molecule has 1 saturated heterocycles. The largest absolute Gasteiger partial charge is 0.454 e. The second kappa shape index (κ2) is 9.44. The maximum absolute atomic E-state index is 13.7. The Morgan fingerprint density at radius 3 is 2.82 bits per heavy atom. The van der Waals surface area contributed by atoms with Crippen molar-refractivity contribution in [3.63, 3.8) is 0 Å². The first-order valence-electron chi connectivity index (χ1n) is 12.1. The third kappa shape index (κ3) is 4.49. The van der Waals surface area contributed by atoms with Gasteiger partial charge in [-0.25, -0.2) is 9.59 Å². The van der Waals surface area contributed by atoms with Crippen molar-refractivity contribution in [2.45, 2.75) is 45.7 Å². The average molecular weight is 465 g/mol. The lowest BCUT2D eigenvalue weighted by molar-refractivity contribution is 0.102. The van der Waals surface area contributed by atoms with Gasteiger partial charge in [0.2, 0.25) is 6.79 Å². The highest BCUT2D eigenvalue weighted by Crippen LogP contribution is 2.36. The molecule has 180 valence electrons. The molecule has 2 aromatic rings. The molecule has 2 aromatic carbocycles. The molecule has 34 heavy (non-hydrogen) atoms. The summed E-state index contributed by atoms with van der Waals surface area (Å²) < 4.78 is 11.0. The van der Waals surface area contributed by atoms with Crippen molar-refractivity contribution < 1.29 is 19.1 Å².